The minimum Gasteiger partial charge on any atom is -0.328 e. The van der Waals surface area contributed by atoms with Crippen molar-refractivity contribution in [3.05, 3.63) is 40.1 Å². The molecule has 1 aromatic carbocycles. The first-order valence-corrected chi connectivity index (χ1v) is 5.49. The van der Waals surface area contributed by atoms with E-state index in [-0.39, 0.29) is 0 Å². The van der Waals surface area contributed by atoms with Gasteiger partial charge in [-0.05, 0) is 37.6 Å². The highest BCUT2D eigenvalue weighted by atomic mass is 79.9. The highest BCUT2D eigenvalue weighted by Crippen LogP contribution is 2.21. The summed E-state index contributed by atoms with van der Waals surface area (Å²) in [5.74, 6) is 0.772. The van der Waals surface area contributed by atoms with Crippen molar-refractivity contribution in [3.63, 3.8) is 0 Å². The van der Waals surface area contributed by atoms with Crippen molar-refractivity contribution in [1.29, 1.82) is 0 Å². The number of nitrogens with one attached hydrogen (secondary N) is 2. The Morgan fingerprint density at radius 2 is 2.13 bits per heavy atom. The van der Waals surface area contributed by atoms with E-state index in [0.717, 1.165) is 21.8 Å². The lowest BCUT2D eigenvalue weighted by Gasteiger charge is -2.05. The molecule has 0 amide bonds. The van der Waals surface area contributed by atoms with Gasteiger partial charge in [0.25, 0.3) is 0 Å². The van der Waals surface area contributed by atoms with Crippen molar-refractivity contribution >= 4 is 27.6 Å². The maximum atomic E-state index is 4.18. The van der Waals surface area contributed by atoms with Crippen molar-refractivity contribution in [2.24, 2.45) is 0 Å². The van der Waals surface area contributed by atoms with Crippen LogP contribution >= 0.6 is 15.9 Å². The molecule has 0 radical (unpaired) electrons. The van der Waals surface area contributed by atoms with E-state index >= 15 is 0 Å². The molecule has 0 fully saturated rings. The van der Waals surface area contributed by atoms with Gasteiger partial charge in [-0.15, -0.1) is 0 Å². The molecule has 0 atom stereocenters. The van der Waals surface area contributed by atoms with E-state index in [4.69, 9.17) is 0 Å². The molecule has 0 aliphatic carbocycles. The van der Waals surface area contributed by atoms with E-state index in [1.807, 2.05) is 19.1 Å². The van der Waals surface area contributed by atoms with E-state index in [9.17, 15) is 0 Å². The average Bonchev–Trinajstić information content (AvgIpc) is 2.58. The minimum absolute atomic E-state index is 0.772. The Bertz CT molecular complexity index is 476. The molecular formula is C11H12BrN3. The van der Waals surface area contributed by atoms with Gasteiger partial charge in [0.2, 0.25) is 5.95 Å². The zero-order valence-electron chi connectivity index (χ0n) is 8.63. The molecule has 2 N–H and O–H groups in total. The molecule has 78 valence electrons. The summed E-state index contributed by atoms with van der Waals surface area (Å²) in [5.41, 5.74) is 3.28. The number of halogens is 1. The van der Waals surface area contributed by atoms with Crippen LogP contribution in [0.1, 0.15) is 11.3 Å². The lowest BCUT2D eigenvalue weighted by atomic mass is 10.2. The second-order valence-electron chi connectivity index (χ2n) is 3.50. The van der Waals surface area contributed by atoms with Crippen LogP contribution in [0.4, 0.5) is 11.6 Å². The van der Waals surface area contributed by atoms with E-state index < -0.39 is 0 Å². The number of hydrogen-bond donors (Lipinski definition) is 2. The van der Waals surface area contributed by atoms with Crippen LogP contribution in [0.15, 0.2) is 28.9 Å². The smallest absolute Gasteiger partial charge is 0.204 e. The minimum atomic E-state index is 0.772. The van der Waals surface area contributed by atoms with Crippen LogP contribution in [0.3, 0.4) is 0 Å². The number of imidazole rings is 1. The van der Waals surface area contributed by atoms with Gasteiger partial charge in [0.1, 0.15) is 0 Å². The number of aryl methyl sites for hydroxylation is 2. The monoisotopic (exact) mass is 265 g/mol. The third-order valence-electron chi connectivity index (χ3n) is 2.12. The van der Waals surface area contributed by atoms with E-state index in [1.165, 1.54) is 5.56 Å². The molecular weight excluding hydrogens is 254 g/mol. The van der Waals surface area contributed by atoms with Crippen molar-refractivity contribution in [2.75, 3.05) is 5.32 Å². The molecule has 15 heavy (non-hydrogen) atoms. The van der Waals surface area contributed by atoms with Crippen LogP contribution in [0.25, 0.3) is 0 Å². The van der Waals surface area contributed by atoms with Crippen molar-refractivity contribution in [2.45, 2.75) is 13.8 Å². The van der Waals surface area contributed by atoms with Gasteiger partial charge >= 0.3 is 0 Å². The van der Waals surface area contributed by atoms with Crippen LogP contribution in [-0.2, 0) is 0 Å². The number of aromatic amines is 1. The predicted octanol–water partition coefficient (Wildman–Crippen LogP) is 3.53. The van der Waals surface area contributed by atoms with E-state index in [0.29, 0.717) is 0 Å². The Hall–Kier alpha value is -1.29. The molecule has 4 heteroatoms. The number of anilines is 2. The molecule has 0 spiro atoms. The molecule has 2 rings (SSSR count). The second kappa shape index (κ2) is 4.06. The van der Waals surface area contributed by atoms with Crippen molar-refractivity contribution < 1.29 is 0 Å². The molecule has 0 aliphatic heterocycles. The van der Waals surface area contributed by atoms with Gasteiger partial charge in [0.05, 0.1) is 0 Å². The highest BCUT2D eigenvalue weighted by molar-refractivity contribution is 9.10. The van der Waals surface area contributed by atoms with Crippen molar-refractivity contribution in [3.8, 4) is 0 Å². The summed E-state index contributed by atoms with van der Waals surface area (Å²) in [6, 6.07) is 6.10. The normalized spacial score (nSPS) is 10.3. The summed E-state index contributed by atoms with van der Waals surface area (Å²) in [6.45, 7) is 4.04. The first-order chi connectivity index (χ1) is 7.15. The quantitative estimate of drug-likeness (QED) is 0.872. The Labute approximate surface area is 97.1 Å². The number of hydrogen-bond acceptors (Lipinski definition) is 2. The zero-order chi connectivity index (χ0) is 10.8. The fourth-order valence-electron chi connectivity index (χ4n) is 1.34. The van der Waals surface area contributed by atoms with Gasteiger partial charge in [-0.25, -0.2) is 4.98 Å². The largest absolute Gasteiger partial charge is 0.328 e. The number of benzene rings is 1. The molecule has 1 heterocycles. The molecule has 0 aliphatic rings. The fraction of sp³-hybridized carbons (Fsp3) is 0.182. The Morgan fingerprint density at radius 1 is 1.33 bits per heavy atom. The van der Waals surface area contributed by atoms with Crippen molar-refractivity contribution in [1.82, 2.24) is 9.97 Å². The van der Waals surface area contributed by atoms with Crippen LogP contribution in [-0.4, -0.2) is 9.97 Å². The first-order valence-electron chi connectivity index (χ1n) is 4.70. The van der Waals surface area contributed by atoms with E-state index in [2.05, 4.69) is 44.2 Å². The SMILES string of the molecule is Cc1cnc(Nc2ccc(Br)c(C)c2)[nH]1. The van der Waals surface area contributed by atoms with Gasteiger partial charge in [0.15, 0.2) is 0 Å². The number of nitrogens with zero attached hydrogens (tertiary/aromatic N) is 1. The number of H-pyrrole nitrogens is 1. The van der Waals surface area contributed by atoms with Crippen LogP contribution < -0.4 is 5.32 Å². The number of aromatic nitrogens is 2. The summed E-state index contributed by atoms with van der Waals surface area (Å²) in [4.78, 5) is 7.31. The van der Waals surface area contributed by atoms with Gasteiger partial charge in [-0.2, -0.15) is 0 Å². The molecule has 2 aromatic rings. The van der Waals surface area contributed by atoms with Gasteiger partial charge in [-0.3, -0.25) is 0 Å². The Morgan fingerprint density at radius 3 is 2.73 bits per heavy atom. The first kappa shape index (κ1) is 10.2. The fourth-order valence-corrected chi connectivity index (χ4v) is 1.58. The van der Waals surface area contributed by atoms with Crippen LogP contribution in [0, 0.1) is 13.8 Å². The molecule has 1 aromatic heterocycles. The standard InChI is InChI=1S/C11H12BrN3/c1-7-5-9(3-4-10(7)12)15-11-13-6-8(2)14-11/h3-6H,1-2H3,(H2,13,14,15). The van der Waals surface area contributed by atoms with Gasteiger partial charge in [0, 0.05) is 22.1 Å². The molecule has 0 unspecified atom stereocenters. The maximum absolute atomic E-state index is 4.18. The topological polar surface area (TPSA) is 40.7 Å². The highest BCUT2D eigenvalue weighted by Gasteiger charge is 2.00. The number of rotatable bonds is 2. The molecule has 3 nitrogen and oxygen atoms in total. The molecule has 0 bridgehead atoms. The lowest BCUT2D eigenvalue weighted by Crippen LogP contribution is -1.92. The maximum Gasteiger partial charge on any atom is 0.204 e. The van der Waals surface area contributed by atoms with E-state index in [1.54, 1.807) is 6.20 Å². The van der Waals surface area contributed by atoms with Gasteiger partial charge < -0.3 is 10.3 Å². The third kappa shape index (κ3) is 2.39. The predicted molar refractivity (Wildman–Crippen MR) is 65.5 cm³/mol. The van der Waals surface area contributed by atoms with Crippen LogP contribution in [0.2, 0.25) is 0 Å². The summed E-state index contributed by atoms with van der Waals surface area (Å²) < 4.78 is 1.11. The summed E-state index contributed by atoms with van der Waals surface area (Å²) in [7, 11) is 0. The summed E-state index contributed by atoms with van der Waals surface area (Å²) in [5, 5.41) is 3.21. The Balaban J connectivity index is 2.21. The zero-order valence-corrected chi connectivity index (χ0v) is 10.2. The Kier molecular flexibility index (Phi) is 2.77. The summed E-state index contributed by atoms with van der Waals surface area (Å²) >= 11 is 3.47. The molecule has 0 saturated heterocycles. The third-order valence-corrected chi connectivity index (χ3v) is 3.01. The van der Waals surface area contributed by atoms with Crippen LogP contribution in [0.5, 0.6) is 0 Å². The summed E-state index contributed by atoms with van der Waals surface area (Å²) in [6.07, 6.45) is 1.80. The lowest BCUT2D eigenvalue weighted by molar-refractivity contribution is 1.24. The molecule has 0 saturated carbocycles. The average molecular weight is 266 g/mol. The second-order valence-corrected chi connectivity index (χ2v) is 4.36. The van der Waals surface area contributed by atoms with Gasteiger partial charge in [-0.1, -0.05) is 15.9 Å².